The molecule has 0 amide bonds. The number of rotatable bonds is 4. The van der Waals surface area contributed by atoms with E-state index in [2.05, 4.69) is 13.8 Å². The molecule has 2 heteroatoms. The van der Waals surface area contributed by atoms with E-state index in [1.807, 2.05) is 6.92 Å². The minimum Gasteiger partial charge on any atom is -0.463 e. The monoisotopic (exact) mass is 158 g/mol. The lowest BCUT2D eigenvalue weighted by molar-refractivity contribution is -0.147. The molecule has 66 valence electrons. The Morgan fingerprint density at radius 2 is 2.00 bits per heavy atom. The van der Waals surface area contributed by atoms with E-state index < -0.39 is 0 Å². The van der Waals surface area contributed by atoms with E-state index in [4.69, 9.17) is 4.74 Å². The molecule has 0 radical (unpaired) electrons. The summed E-state index contributed by atoms with van der Waals surface area (Å²) in [5.74, 6) is 0.296. The van der Waals surface area contributed by atoms with Gasteiger partial charge in [0.1, 0.15) is 6.10 Å². The van der Waals surface area contributed by atoms with Gasteiger partial charge in [-0.2, -0.15) is 0 Å². The van der Waals surface area contributed by atoms with Crippen LogP contribution >= 0.6 is 0 Å². The van der Waals surface area contributed by atoms with Crippen LogP contribution in [0.15, 0.2) is 0 Å². The molecule has 0 fully saturated rings. The molecule has 0 saturated carbocycles. The van der Waals surface area contributed by atoms with Crippen molar-refractivity contribution in [3.8, 4) is 0 Å². The predicted molar refractivity (Wildman–Crippen MR) is 45.3 cm³/mol. The van der Waals surface area contributed by atoms with Crippen molar-refractivity contribution >= 4 is 5.97 Å². The zero-order valence-corrected chi connectivity index (χ0v) is 7.89. The molecule has 0 bridgehead atoms. The summed E-state index contributed by atoms with van der Waals surface area (Å²) in [5.41, 5.74) is 0. The van der Waals surface area contributed by atoms with E-state index in [1.54, 1.807) is 0 Å². The highest BCUT2D eigenvalue weighted by Crippen LogP contribution is 2.12. The molecule has 0 N–H and O–H groups in total. The Labute approximate surface area is 68.9 Å². The van der Waals surface area contributed by atoms with Gasteiger partial charge in [0.15, 0.2) is 0 Å². The van der Waals surface area contributed by atoms with Crippen LogP contribution in [0.3, 0.4) is 0 Å². The average molecular weight is 158 g/mol. The second-order valence-electron chi connectivity index (χ2n) is 3.08. The fraction of sp³-hybridized carbons (Fsp3) is 0.889. The highest BCUT2D eigenvalue weighted by Gasteiger charge is 2.13. The first-order valence-corrected chi connectivity index (χ1v) is 4.25. The maximum absolute atomic E-state index is 10.5. The van der Waals surface area contributed by atoms with Gasteiger partial charge < -0.3 is 4.74 Å². The minimum absolute atomic E-state index is 0.0625. The number of hydrogen-bond donors (Lipinski definition) is 0. The minimum atomic E-state index is -0.180. The number of ether oxygens (including phenoxy) is 1. The van der Waals surface area contributed by atoms with Crippen molar-refractivity contribution in [3.63, 3.8) is 0 Å². The molecular weight excluding hydrogens is 140 g/mol. The molecule has 0 saturated heterocycles. The van der Waals surface area contributed by atoms with Gasteiger partial charge in [-0.15, -0.1) is 0 Å². The van der Waals surface area contributed by atoms with Crippen LogP contribution in [0.4, 0.5) is 0 Å². The Bertz CT molecular complexity index is 121. The molecule has 0 aromatic heterocycles. The fourth-order valence-electron chi connectivity index (χ4n) is 1.07. The summed E-state index contributed by atoms with van der Waals surface area (Å²) in [6.45, 7) is 7.64. The van der Waals surface area contributed by atoms with Gasteiger partial charge in [0.05, 0.1) is 0 Å². The van der Waals surface area contributed by atoms with Crippen LogP contribution in [0, 0.1) is 5.92 Å². The first kappa shape index (κ1) is 10.5. The molecule has 2 unspecified atom stereocenters. The molecule has 0 rings (SSSR count). The highest BCUT2D eigenvalue weighted by molar-refractivity contribution is 5.66. The summed E-state index contributed by atoms with van der Waals surface area (Å²) in [6, 6.07) is 0. The first-order chi connectivity index (χ1) is 5.07. The van der Waals surface area contributed by atoms with Gasteiger partial charge in [0.25, 0.3) is 0 Å². The van der Waals surface area contributed by atoms with Crippen molar-refractivity contribution in [1.29, 1.82) is 0 Å². The number of esters is 1. The predicted octanol–water partition coefficient (Wildman–Crippen LogP) is 2.37. The lowest BCUT2D eigenvalue weighted by Gasteiger charge is -2.18. The van der Waals surface area contributed by atoms with Crippen molar-refractivity contribution in [2.24, 2.45) is 5.92 Å². The van der Waals surface area contributed by atoms with E-state index in [1.165, 1.54) is 6.92 Å². The van der Waals surface area contributed by atoms with Crippen LogP contribution in [0.25, 0.3) is 0 Å². The topological polar surface area (TPSA) is 26.3 Å². The lowest BCUT2D eigenvalue weighted by Crippen LogP contribution is -2.20. The van der Waals surface area contributed by atoms with Gasteiger partial charge in [-0.25, -0.2) is 0 Å². The Morgan fingerprint density at radius 1 is 1.45 bits per heavy atom. The van der Waals surface area contributed by atoms with Crippen molar-refractivity contribution in [3.05, 3.63) is 0 Å². The summed E-state index contributed by atoms with van der Waals surface area (Å²) in [6.07, 6.45) is 2.33. The van der Waals surface area contributed by atoms with Crippen LogP contribution in [-0.4, -0.2) is 12.1 Å². The van der Waals surface area contributed by atoms with Gasteiger partial charge in [-0.1, -0.05) is 20.3 Å². The molecule has 0 spiro atoms. The Balaban J connectivity index is 3.63. The largest absolute Gasteiger partial charge is 0.463 e. The number of carbonyl (C=O) groups is 1. The second-order valence-corrected chi connectivity index (χ2v) is 3.08. The quantitative estimate of drug-likeness (QED) is 0.587. The van der Waals surface area contributed by atoms with Crippen LogP contribution < -0.4 is 0 Å². The van der Waals surface area contributed by atoms with Crippen molar-refractivity contribution in [2.45, 2.75) is 46.6 Å². The zero-order chi connectivity index (χ0) is 8.85. The van der Waals surface area contributed by atoms with Gasteiger partial charge in [-0.05, 0) is 19.3 Å². The van der Waals surface area contributed by atoms with E-state index in [0.717, 1.165) is 12.8 Å². The molecule has 11 heavy (non-hydrogen) atoms. The maximum atomic E-state index is 10.5. The molecule has 0 aliphatic rings. The summed E-state index contributed by atoms with van der Waals surface area (Å²) in [7, 11) is 0. The van der Waals surface area contributed by atoms with E-state index in [0.29, 0.717) is 5.92 Å². The van der Waals surface area contributed by atoms with Crippen LogP contribution in [0.2, 0.25) is 0 Å². The standard InChI is InChI=1S/C9H18O2/c1-5-6-7(2)8(3)11-9(4)10/h7-8H,5-6H2,1-4H3. The van der Waals surface area contributed by atoms with Crippen LogP contribution in [0.1, 0.15) is 40.5 Å². The summed E-state index contributed by atoms with van der Waals surface area (Å²) in [4.78, 5) is 10.5. The third kappa shape index (κ3) is 4.82. The Morgan fingerprint density at radius 3 is 2.36 bits per heavy atom. The first-order valence-electron chi connectivity index (χ1n) is 4.25. The summed E-state index contributed by atoms with van der Waals surface area (Å²) >= 11 is 0. The normalized spacial score (nSPS) is 15.6. The zero-order valence-electron chi connectivity index (χ0n) is 7.89. The molecule has 0 aromatic carbocycles. The number of hydrogen-bond acceptors (Lipinski definition) is 2. The van der Waals surface area contributed by atoms with E-state index in [-0.39, 0.29) is 12.1 Å². The number of carbonyl (C=O) groups excluding carboxylic acids is 1. The lowest BCUT2D eigenvalue weighted by atomic mass is 10.0. The Kier molecular flexibility index (Phi) is 4.92. The molecular formula is C9H18O2. The smallest absolute Gasteiger partial charge is 0.302 e. The van der Waals surface area contributed by atoms with Gasteiger partial charge >= 0.3 is 5.97 Å². The third-order valence-electron chi connectivity index (χ3n) is 1.90. The van der Waals surface area contributed by atoms with E-state index in [9.17, 15) is 4.79 Å². The van der Waals surface area contributed by atoms with Crippen molar-refractivity contribution in [2.75, 3.05) is 0 Å². The average Bonchev–Trinajstić information content (AvgIpc) is 1.86. The second kappa shape index (κ2) is 5.16. The molecule has 2 atom stereocenters. The van der Waals surface area contributed by atoms with Gasteiger partial charge in [0, 0.05) is 6.92 Å². The Hall–Kier alpha value is -0.530. The molecule has 0 heterocycles. The summed E-state index contributed by atoms with van der Waals surface area (Å²) < 4.78 is 5.03. The van der Waals surface area contributed by atoms with Crippen molar-refractivity contribution in [1.82, 2.24) is 0 Å². The van der Waals surface area contributed by atoms with Gasteiger partial charge in [-0.3, -0.25) is 4.79 Å². The molecule has 0 aliphatic carbocycles. The van der Waals surface area contributed by atoms with Crippen LogP contribution in [0.5, 0.6) is 0 Å². The highest BCUT2D eigenvalue weighted by atomic mass is 16.5. The SMILES string of the molecule is CCCC(C)C(C)OC(C)=O. The molecule has 2 nitrogen and oxygen atoms in total. The van der Waals surface area contributed by atoms with Crippen LogP contribution in [-0.2, 0) is 9.53 Å². The maximum Gasteiger partial charge on any atom is 0.302 e. The fourth-order valence-corrected chi connectivity index (χ4v) is 1.07. The van der Waals surface area contributed by atoms with Gasteiger partial charge in [0.2, 0.25) is 0 Å². The third-order valence-corrected chi connectivity index (χ3v) is 1.90. The molecule has 0 aromatic rings. The summed E-state index contributed by atoms with van der Waals surface area (Å²) in [5, 5.41) is 0. The van der Waals surface area contributed by atoms with Crippen molar-refractivity contribution < 1.29 is 9.53 Å². The van der Waals surface area contributed by atoms with E-state index >= 15 is 0 Å². The molecule has 0 aliphatic heterocycles.